The van der Waals surface area contributed by atoms with E-state index < -0.39 is 11.6 Å². The molecule has 1 aromatic rings. The van der Waals surface area contributed by atoms with Gasteiger partial charge in [0.2, 0.25) is 5.91 Å². The van der Waals surface area contributed by atoms with Crippen LogP contribution in [0, 0.1) is 11.3 Å². The van der Waals surface area contributed by atoms with Crippen LogP contribution in [0.15, 0.2) is 18.2 Å². The third kappa shape index (κ3) is 2.16. The van der Waals surface area contributed by atoms with E-state index in [9.17, 15) is 9.90 Å². The van der Waals surface area contributed by atoms with E-state index in [1.54, 1.807) is 17.0 Å². The fraction of sp³-hybridized carbons (Fsp3) is 0.500. The van der Waals surface area contributed by atoms with Crippen molar-refractivity contribution >= 4 is 11.6 Å². The van der Waals surface area contributed by atoms with Crippen LogP contribution in [0.5, 0.6) is 0 Å². The molecule has 1 fully saturated rings. The van der Waals surface area contributed by atoms with Crippen LogP contribution >= 0.6 is 0 Å². The van der Waals surface area contributed by atoms with Crippen LogP contribution in [0.3, 0.4) is 0 Å². The molecule has 2 aliphatic rings. The Balaban J connectivity index is 2.12. The van der Waals surface area contributed by atoms with Crippen LogP contribution in [0.1, 0.15) is 43.9 Å². The Morgan fingerprint density at radius 3 is 2.86 bits per heavy atom. The summed E-state index contributed by atoms with van der Waals surface area (Å²) >= 11 is 0. The van der Waals surface area contributed by atoms with Gasteiger partial charge in [-0.1, -0.05) is 0 Å². The Kier molecular flexibility index (Phi) is 3.14. The summed E-state index contributed by atoms with van der Waals surface area (Å²) < 4.78 is 0. The van der Waals surface area contributed by atoms with Gasteiger partial charge >= 0.3 is 0 Å². The maximum atomic E-state index is 12.1. The minimum Gasteiger partial charge on any atom is -0.388 e. The van der Waals surface area contributed by atoms with Crippen molar-refractivity contribution in [1.29, 1.82) is 5.26 Å². The summed E-state index contributed by atoms with van der Waals surface area (Å²) in [7, 11) is 0. The molecule has 0 bridgehead atoms. The van der Waals surface area contributed by atoms with Crippen molar-refractivity contribution in [1.82, 2.24) is 4.90 Å². The molecule has 0 unspecified atom stereocenters. The van der Waals surface area contributed by atoms with Crippen LogP contribution in [0.4, 0.5) is 5.69 Å². The van der Waals surface area contributed by atoms with Crippen LogP contribution < -0.4 is 5.32 Å². The van der Waals surface area contributed by atoms with E-state index >= 15 is 0 Å². The van der Waals surface area contributed by atoms with Gasteiger partial charge in [-0.05, 0) is 38.5 Å². The zero-order valence-corrected chi connectivity index (χ0v) is 12.3. The summed E-state index contributed by atoms with van der Waals surface area (Å²) in [6.07, 6.45) is 0.633. The second kappa shape index (κ2) is 4.74. The van der Waals surface area contributed by atoms with E-state index in [0.717, 1.165) is 17.7 Å². The van der Waals surface area contributed by atoms with Gasteiger partial charge in [-0.3, -0.25) is 4.79 Å². The first-order chi connectivity index (χ1) is 9.94. The number of nitrogens with one attached hydrogen (secondary N) is 1. The molecular formula is C16H19N3O2. The van der Waals surface area contributed by atoms with Gasteiger partial charge in [-0.15, -0.1) is 0 Å². The number of carbonyl (C=O) groups excluding carboxylic acids is 1. The van der Waals surface area contributed by atoms with E-state index in [1.807, 2.05) is 19.9 Å². The second-order valence-electron chi connectivity index (χ2n) is 6.34. The first kappa shape index (κ1) is 13.9. The molecule has 2 N–H and O–H groups in total. The highest BCUT2D eigenvalue weighted by Crippen LogP contribution is 2.42. The molecule has 21 heavy (non-hydrogen) atoms. The molecule has 2 aliphatic heterocycles. The zero-order chi connectivity index (χ0) is 15.2. The normalized spacial score (nSPS) is 27.0. The predicted octanol–water partition coefficient (Wildman–Crippen LogP) is 1.79. The van der Waals surface area contributed by atoms with Crippen molar-refractivity contribution in [3.63, 3.8) is 0 Å². The maximum Gasteiger partial charge on any atom is 0.223 e. The number of aliphatic hydroxyl groups excluding tert-OH is 1. The van der Waals surface area contributed by atoms with E-state index in [0.29, 0.717) is 18.5 Å². The first-order valence-electron chi connectivity index (χ1n) is 7.24. The van der Waals surface area contributed by atoms with Crippen molar-refractivity contribution in [2.75, 3.05) is 11.9 Å². The number of amides is 1. The van der Waals surface area contributed by atoms with Crippen molar-refractivity contribution < 1.29 is 9.90 Å². The summed E-state index contributed by atoms with van der Waals surface area (Å²) in [5.41, 5.74) is 1.72. The van der Waals surface area contributed by atoms with Crippen molar-refractivity contribution in [2.24, 2.45) is 0 Å². The van der Waals surface area contributed by atoms with Crippen molar-refractivity contribution in [2.45, 2.75) is 44.4 Å². The zero-order valence-electron chi connectivity index (χ0n) is 12.3. The number of rotatable bonds is 1. The highest BCUT2D eigenvalue weighted by Gasteiger charge is 2.45. The second-order valence-corrected chi connectivity index (χ2v) is 6.34. The van der Waals surface area contributed by atoms with E-state index in [1.165, 1.54) is 0 Å². The summed E-state index contributed by atoms with van der Waals surface area (Å²) in [6, 6.07) is 7.12. The van der Waals surface area contributed by atoms with Crippen molar-refractivity contribution in [3.8, 4) is 6.07 Å². The van der Waals surface area contributed by atoms with Crippen LogP contribution in [-0.2, 0) is 4.79 Å². The average molecular weight is 285 g/mol. The lowest BCUT2D eigenvalue weighted by Gasteiger charge is -2.46. The van der Waals surface area contributed by atoms with E-state index in [4.69, 9.17) is 5.26 Å². The Morgan fingerprint density at radius 1 is 1.48 bits per heavy atom. The number of anilines is 1. The number of aliphatic hydroxyl groups is 1. The Bertz CT molecular complexity index is 633. The summed E-state index contributed by atoms with van der Waals surface area (Å²) in [4.78, 5) is 13.9. The van der Waals surface area contributed by atoms with Gasteiger partial charge in [0.05, 0.1) is 23.2 Å². The molecule has 110 valence electrons. The molecule has 1 saturated heterocycles. The van der Waals surface area contributed by atoms with E-state index in [2.05, 4.69) is 11.4 Å². The number of hydrogen-bond acceptors (Lipinski definition) is 4. The number of benzene rings is 1. The highest BCUT2D eigenvalue weighted by atomic mass is 16.3. The fourth-order valence-electron chi connectivity index (χ4n) is 3.28. The molecule has 0 aliphatic carbocycles. The van der Waals surface area contributed by atoms with Gasteiger partial charge in [0.15, 0.2) is 0 Å². The third-order valence-electron chi connectivity index (χ3n) is 4.44. The Labute approximate surface area is 124 Å². The molecule has 3 rings (SSSR count). The maximum absolute atomic E-state index is 12.1. The summed E-state index contributed by atoms with van der Waals surface area (Å²) in [5.74, 6) is 0.0741. The first-order valence-corrected chi connectivity index (χ1v) is 7.24. The van der Waals surface area contributed by atoms with Gasteiger partial charge in [0, 0.05) is 24.2 Å². The van der Waals surface area contributed by atoms with Gasteiger partial charge < -0.3 is 15.3 Å². The molecule has 0 aromatic heterocycles. The van der Waals surface area contributed by atoms with Gasteiger partial charge in [0.1, 0.15) is 6.10 Å². The SMILES string of the molecule is CC1(C)Nc2ccc(C#N)cc2[C@@H](N2CCCC2=O)[C@@H]1O. The van der Waals surface area contributed by atoms with Crippen LogP contribution in [0.2, 0.25) is 0 Å². The van der Waals surface area contributed by atoms with Gasteiger partial charge in [-0.25, -0.2) is 0 Å². The molecule has 0 spiro atoms. The molecule has 0 saturated carbocycles. The van der Waals surface area contributed by atoms with Crippen molar-refractivity contribution in [3.05, 3.63) is 29.3 Å². The minimum atomic E-state index is -0.721. The lowest BCUT2D eigenvalue weighted by Crippen LogP contribution is -2.55. The number of carbonyl (C=O) groups is 1. The number of nitriles is 1. The Morgan fingerprint density at radius 2 is 2.24 bits per heavy atom. The summed E-state index contributed by atoms with van der Waals surface area (Å²) in [5, 5.41) is 23.2. The molecule has 1 aromatic carbocycles. The minimum absolute atomic E-state index is 0.0741. The predicted molar refractivity (Wildman–Crippen MR) is 78.6 cm³/mol. The molecule has 2 heterocycles. The Hall–Kier alpha value is -2.06. The third-order valence-corrected chi connectivity index (χ3v) is 4.44. The number of hydrogen-bond donors (Lipinski definition) is 2. The molecular weight excluding hydrogens is 266 g/mol. The quantitative estimate of drug-likeness (QED) is 0.824. The average Bonchev–Trinajstić information content (AvgIpc) is 2.86. The van der Waals surface area contributed by atoms with Gasteiger partial charge in [-0.2, -0.15) is 5.26 Å². The number of nitrogens with zero attached hydrogens (tertiary/aromatic N) is 2. The molecule has 0 radical (unpaired) electrons. The molecule has 1 amide bonds. The smallest absolute Gasteiger partial charge is 0.223 e. The lowest BCUT2D eigenvalue weighted by atomic mass is 9.81. The monoisotopic (exact) mass is 285 g/mol. The topological polar surface area (TPSA) is 76.4 Å². The number of likely N-dealkylation sites (tertiary alicyclic amines) is 1. The molecule has 5 heteroatoms. The van der Waals surface area contributed by atoms with Crippen LogP contribution in [0.25, 0.3) is 0 Å². The number of fused-ring (bicyclic) bond motifs is 1. The fourth-order valence-corrected chi connectivity index (χ4v) is 3.28. The summed E-state index contributed by atoms with van der Waals surface area (Å²) in [6.45, 7) is 4.51. The standard InChI is InChI=1S/C16H19N3O2/c1-16(2)15(21)14(19-7-3-4-13(19)20)11-8-10(9-17)5-6-12(11)18-16/h5-6,8,14-15,18,21H,3-4,7H2,1-2H3/t14-,15+/m1/s1. The molecule has 2 atom stereocenters. The lowest BCUT2D eigenvalue weighted by molar-refractivity contribution is -0.133. The van der Waals surface area contributed by atoms with Gasteiger partial charge in [0.25, 0.3) is 0 Å². The largest absolute Gasteiger partial charge is 0.388 e. The molecule has 5 nitrogen and oxygen atoms in total. The van der Waals surface area contributed by atoms with Crippen LogP contribution in [-0.4, -0.2) is 34.1 Å². The highest BCUT2D eigenvalue weighted by molar-refractivity contribution is 5.79. The van der Waals surface area contributed by atoms with E-state index in [-0.39, 0.29) is 11.9 Å².